The summed E-state index contributed by atoms with van der Waals surface area (Å²) in [5.41, 5.74) is 3.15. The predicted octanol–water partition coefficient (Wildman–Crippen LogP) is 2.53. The van der Waals surface area contributed by atoms with Crippen molar-refractivity contribution in [2.75, 3.05) is 26.3 Å². The molecule has 2 heterocycles. The van der Waals surface area contributed by atoms with Crippen molar-refractivity contribution in [3.05, 3.63) is 34.9 Å². The summed E-state index contributed by atoms with van der Waals surface area (Å²) in [6.45, 7) is 11.9. The van der Waals surface area contributed by atoms with E-state index in [2.05, 4.69) is 32.6 Å². The average molecular weight is 303 g/mol. The van der Waals surface area contributed by atoms with Gasteiger partial charge in [0.1, 0.15) is 6.10 Å². The summed E-state index contributed by atoms with van der Waals surface area (Å²) in [4.78, 5) is 14.6. The van der Waals surface area contributed by atoms with Crippen molar-refractivity contribution in [1.29, 1.82) is 0 Å². The Hall–Kier alpha value is -1.39. The van der Waals surface area contributed by atoms with Crippen molar-refractivity contribution in [2.45, 2.75) is 45.3 Å². The molecule has 0 aliphatic carbocycles. The second kappa shape index (κ2) is 5.67. The molecule has 120 valence electrons. The quantitative estimate of drug-likeness (QED) is 0.804. The van der Waals surface area contributed by atoms with Gasteiger partial charge in [-0.2, -0.15) is 0 Å². The molecule has 3 rings (SSSR count). The molecule has 0 aromatic heterocycles. The van der Waals surface area contributed by atoms with Crippen LogP contribution in [0.1, 0.15) is 42.3 Å². The van der Waals surface area contributed by atoms with Crippen LogP contribution in [0.2, 0.25) is 0 Å². The number of rotatable bonds is 3. The smallest absolute Gasteiger partial charge is 0.338 e. The topological polar surface area (TPSA) is 38.8 Å². The Bertz CT molecular complexity index is 566. The summed E-state index contributed by atoms with van der Waals surface area (Å²) in [5.74, 6) is -0.210. The van der Waals surface area contributed by atoms with Crippen molar-refractivity contribution in [1.82, 2.24) is 4.90 Å². The van der Waals surface area contributed by atoms with Crippen molar-refractivity contribution in [3.8, 4) is 0 Å². The lowest BCUT2D eigenvalue weighted by Crippen LogP contribution is -2.62. The molecule has 22 heavy (non-hydrogen) atoms. The van der Waals surface area contributed by atoms with Crippen LogP contribution in [0.4, 0.5) is 0 Å². The maximum atomic E-state index is 12.3. The number of nitrogens with zero attached hydrogens (tertiary/aromatic N) is 1. The fraction of sp³-hybridized carbons (Fsp3) is 0.611. The maximum absolute atomic E-state index is 12.3. The van der Waals surface area contributed by atoms with Crippen LogP contribution < -0.4 is 0 Å². The third kappa shape index (κ3) is 3.03. The molecule has 1 aromatic rings. The average Bonchev–Trinajstić information content (AvgIpc) is 2.32. The zero-order valence-corrected chi connectivity index (χ0v) is 13.9. The van der Waals surface area contributed by atoms with E-state index in [-0.39, 0.29) is 17.5 Å². The molecule has 2 aliphatic heterocycles. The van der Waals surface area contributed by atoms with Gasteiger partial charge in [0.2, 0.25) is 0 Å². The first-order chi connectivity index (χ1) is 10.3. The first-order valence-corrected chi connectivity index (χ1v) is 7.98. The van der Waals surface area contributed by atoms with Gasteiger partial charge in [-0.3, -0.25) is 4.90 Å². The Morgan fingerprint density at radius 1 is 1.27 bits per heavy atom. The fourth-order valence-corrected chi connectivity index (χ4v) is 3.13. The summed E-state index contributed by atoms with van der Waals surface area (Å²) >= 11 is 0. The molecule has 0 amide bonds. The molecule has 0 unspecified atom stereocenters. The zero-order chi connectivity index (χ0) is 15.9. The standard InChI is InChI=1S/C18H25NO3/c1-12-7-13(5-6-16(12)18(2,3)4)17(20)22-15-8-19(9-15)14-10-21-11-14/h5-7,14-15H,8-11H2,1-4H3. The number of ether oxygens (including phenoxy) is 2. The lowest BCUT2D eigenvalue weighted by atomic mass is 9.83. The highest BCUT2D eigenvalue weighted by Crippen LogP contribution is 2.27. The summed E-state index contributed by atoms with van der Waals surface area (Å²) < 4.78 is 10.8. The monoisotopic (exact) mass is 303 g/mol. The molecule has 2 saturated heterocycles. The number of aryl methyl sites for hydroxylation is 1. The van der Waals surface area contributed by atoms with Crippen LogP contribution in [0.5, 0.6) is 0 Å². The number of likely N-dealkylation sites (tertiary alicyclic amines) is 1. The minimum absolute atomic E-state index is 0.0238. The molecular weight excluding hydrogens is 278 g/mol. The molecule has 0 atom stereocenters. The summed E-state index contributed by atoms with van der Waals surface area (Å²) in [7, 11) is 0. The van der Waals surface area contributed by atoms with Gasteiger partial charge in [0.25, 0.3) is 0 Å². The van der Waals surface area contributed by atoms with Gasteiger partial charge in [0.05, 0.1) is 24.8 Å². The van der Waals surface area contributed by atoms with E-state index in [1.54, 1.807) is 0 Å². The first-order valence-electron chi connectivity index (χ1n) is 7.98. The lowest BCUT2D eigenvalue weighted by Gasteiger charge is -2.46. The Kier molecular flexibility index (Phi) is 4.00. The van der Waals surface area contributed by atoms with Crippen LogP contribution >= 0.6 is 0 Å². The van der Waals surface area contributed by atoms with Gasteiger partial charge in [-0.15, -0.1) is 0 Å². The highest BCUT2D eigenvalue weighted by Gasteiger charge is 2.38. The zero-order valence-electron chi connectivity index (χ0n) is 13.9. The van der Waals surface area contributed by atoms with Crippen molar-refractivity contribution in [2.24, 2.45) is 0 Å². The second-order valence-electron chi connectivity index (χ2n) is 7.45. The van der Waals surface area contributed by atoms with E-state index in [4.69, 9.17) is 9.47 Å². The number of hydrogen-bond donors (Lipinski definition) is 0. The van der Waals surface area contributed by atoms with E-state index >= 15 is 0 Å². The van der Waals surface area contributed by atoms with Crippen molar-refractivity contribution in [3.63, 3.8) is 0 Å². The number of benzene rings is 1. The first kappa shape index (κ1) is 15.5. The lowest BCUT2D eigenvalue weighted by molar-refractivity contribution is -0.124. The molecule has 4 heteroatoms. The van der Waals surface area contributed by atoms with Crippen LogP contribution in [0.25, 0.3) is 0 Å². The molecule has 0 spiro atoms. The van der Waals surface area contributed by atoms with Crippen molar-refractivity contribution < 1.29 is 14.3 Å². The third-order valence-corrected chi connectivity index (χ3v) is 4.56. The van der Waals surface area contributed by atoms with E-state index < -0.39 is 0 Å². The Balaban J connectivity index is 1.58. The molecule has 0 radical (unpaired) electrons. The van der Waals surface area contributed by atoms with Gasteiger partial charge < -0.3 is 9.47 Å². The van der Waals surface area contributed by atoms with E-state index in [0.717, 1.165) is 31.9 Å². The van der Waals surface area contributed by atoms with E-state index in [9.17, 15) is 4.79 Å². The Morgan fingerprint density at radius 2 is 1.95 bits per heavy atom. The van der Waals surface area contributed by atoms with E-state index in [1.165, 1.54) is 5.56 Å². The van der Waals surface area contributed by atoms with Gasteiger partial charge in [-0.25, -0.2) is 4.79 Å². The molecule has 2 aliphatic rings. The molecule has 0 bridgehead atoms. The predicted molar refractivity (Wildman–Crippen MR) is 85.3 cm³/mol. The number of hydrogen-bond acceptors (Lipinski definition) is 4. The SMILES string of the molecule is Cc1cc(C(=O)OC2CN(C3COC3)C2)ccc1C(C)(C)C. The van der Waals surface area contributed by atoms with Gasteiger partial charge >= 0.3 is 5.97 Å². The van der Waals surface area contributed by atoms with Gasteiger partial charge in [0, 0.05) is 13.1 Å². The minimum Gasteiger partial charge on any atom is -0.456 e. The minimum atomic E-state index is -0.210. The van der Waals surface area contributed by atoms with E-state index in [1.807, 2.05) is 18.2 Å². The van der Waals surface area contributed by atoms with Gasteiger partial charge in [0.15, 0.2) is 0 Å². The Morgan fingerprint density at radius 3 is 2.45 bits per heavy atom. The molecule has 4 nitrogen and oxygen atoms in total. The van der Waals surface area contributed by atoms with Crippen LogP contribution in [0.3, 0.4) is 0 Å². The highest BCUT2D eigenvalue weighted by atomic mass is 16.5. The van der Waals surface area contributed by atoms with Crippen LogP contribution in [-0.2, 0) is 14.9 Å². The maximum Gasteiger partial charge on any atom is 0.338 e. The van der Waals surface area contributed by atoms with Crippen molar-refractivity contribution >= 4 is 5.97 Å². The normalized spacial score (nSPS) is 20.4. The largest absolute Gasteiger partial charge is 0.456 e. The molecule has 0 N–H and O–H groups in total. The summed E-state index contributed by atoms with van der Waals surface area (Å²) in [6.07, 6.45) is 0.0238. The highest BCUT2D eigenvalue weighted by molar-refractivity contribution is 5.90. The Labute approximate surface area is 132 Å². The molecule has 2 fully saturated rings. The number of carbonyl (C=O) groups excluding carboxylic acids is 1. The molecule has 1 aromatic carbocycles. The molecule has 0 saturated carbocycles. The van der Waals surface area contributed by atoms with Gasteiger partial charge in [-0.1, -0.05) is 26.8 Å². The number of esters is 1. The third-order valence-electron chi connectivity index (χ3n) is 4.56. The van der Waals surface area contributed by atoms with Crippen LogP contribution in [0.15, 0.2) is 18.2 Å². The van der Waals surface area contributed by atoms with Gasteiger partial charge in [-0.05, 0) is 35.6 Å². The number of carbonyl (C=O) groups is 1. The summed E-state index contributed by atoms with van der Waals surface area (Å²) in [5, 5.41) is 0. The van der Waals surface area contributed by atoms with Crippen LogP contribution in [0, 0.1) is 6.92 Å². The van der Waals surface area contributed by atoms with Crippen LogP contribution in [-0.4, -0.2) is 49.3 Å². The van der Waals surface area contributed by atoms with E-state index in [0.29, 0.717) is 11.6 Å². The second-order valence-corrected chi connectivity index (χ2v) is 7.45. The fourth-order valence-electron chi connectivity index (χ4n) is 3.13. The molecular formula is C18H25NO3. The summed E-state index contributed by atoms with van der Waals surface area (Å²) in [6, 6.07) is 6.40.